The third kappa shape index (κ3) is 5.99. The van der Waals surface area contributed by atoms with E-state index in [9.17, 15) is 4.79 Å². The van der Waals surface area contributed by atoms with Gasteiger partial charge in [-0.2, -0.15) is 0 Å². The summed E-state index contributed by atoms with van der Waals surface area (Å²) in [5.74, 6) is 0.521. The Morgan fingerprint density at radius 3 is 2.83 bits per heavy atom. The van der Waals surface area contributed by atoms with E-state index in [4.69, 9.17) is 10.5 Å². The van der Waals surface area contributed by atoms with Gasteiger partial charge in [-0.15, -0.1) is 12.4 Å². The number of amides is 1. The molecule has 2 rings (SSSR count). The van der Waals surface area contributed by atoms with E-state index >= 15 is 0 Å². The fourth-order valence-corrected chi connectivity index (χ4v) is 2.82. The van der Waals surface area contributed by atoms with Crippen LogP contribution in [0.4, 0.5) is 0 Å². The first-order chi connectivity index (χ1) is 10.5. The predicted octanol–water partition coefficient (Wildman–Crippen LogP) is 2.96. The topological polar surface area (TPSA) is 77.2 Å². The molecule has 1 aromatic heterocycles. The van der Waals surface area contributed by atoms with Gasteiger partial charge in [-0.05, 0) is 50.7 Å². The number of nitrogens with two attached hydrogens (primary N) is 1. The van der Waals surface area contributed by atoms with Crippen LogP contribution in [0.5, 0.6) is 5.88 Å². The summed E-state index contributed by atoms with van der Waals surface area (Å²) in [7, 11) is 0. The summed E-state index contributed by atoms with van der Waals surface area (Å²) < 4.78 is 5.88. The van der Waals surface area contributed by atoms with Crippen LogP contribution in [0.3, 0.4) is 0 Å². The Kier molecular flexibility index (Phi) is 7.79. The minimum Gasteiger partial charge on any atom is -0.474 e. The van der Waals surface area contributed by atoms with Crippen LogP contribution < -0.4 is 15.8 Å². The first-order valence-corrected chi connectivity index (χ1v) is 8.20. The SMILES string of the molecule is CCCC(C)(N)C(=O)NCc1ccnc(OC2CCCC2)c1.Cl. The summed E-state index contributed by atoms with van der Waals surface area (Å²) in [6.45, 7) is 4.24. The molecule has 1 atom stereocenters. The molecule has 0 bridgehead atoms. The van der Waals surface area contributed by atoms with Gasteiger partial charge in [0.1, 0.15) is 6.10 Å². The Morgan fingerprint density at radius 1 is 1.48 bits per heavy atom. The van der Waals surface area contributed by atoms with Crippen molar-refractivity contribution in [2.75, 3.05) is 0 Å². The van der Waals surface area contributed by atoms with Gasteiger partial charge in [0.25, 0.3) is 0 Å². The molecule has 1 aromatic rings. The van der Waals surface area contributed by atoms with Crippen LogP contribution in [-0.2, 0) is 11.3 Å². The molecular formula is C17H28ClN3O2. The summed E-state index contributed by atoms with van der Waals surface area (Å²) in [5, 5.41) is 2.90. The maximum absolute atomic E-state index is 12.1. The molecule has 130 valence electrons. The van der Waals surface area contributed by atoms with Crippen molar-refractivity contribution in [1.29, 1.82) is 0 Å². The molecule has 0 radical (unpaired) electrons. The van der Waals surface area contributed by atoms with Gasteiger partial charge < -0.3 is 15.8 Å². The van der Waals surface area contributed by atoms with E-state index in [1.165, 1.54) is 12.8 Å². The van der Waals surface area contributed by atoms with E-state index < -0.39 is 5.54 Å². The van der Waals surface area contributed by atoms with E-state index in [-0.39, 0.29) is 24.4 Å². The van der Waals surface area contributed by atoms with Crippen molar-refractivity contribution in [2.45, 2.75) is 70.6 Å². The van der Waals surface area contributed by atoms with Gasteiger partial charge in [0.05, 0.1) is 5.54 Å². The summed E-state index contributed by atoms with van der Waals surface area (Å²) in [6, 6.07) is 3.78. The molecule has 1 unspecified atom stereocenters. The van der Waals surface area contributed by atoms with Gasteiger partial charge in [-0.1, -0.05) is 13.3 Å². The maximum atomic E-state index is 12.1. The highest BCUT2D eigenvalue weighted by Gasteiger charge is 2.26. The molecule has 1 saturated carbocycles. The van der Waals surface area contributed by atoms with Crippen LogP contribution in [-0.4, -0.2) is 22.5 Å². The lowest BCUT2D eigenvalue weighted by atomic mass is 9.96. The highest BCUT2D eigenvalue weighted by molar-refractivity contribution is 5.85. The molecule has 0 saturated heterocycles. The largest absolute Gasteiger partial charge is 0.474 e. The number of nitrogens with one attached hydrogen (secondary N) is 1. The Balaban J connectivity index is 0.00000264. The van der Waals surface area contributed by atoms with Gasteiger partial charge in [0.15, 0.2) is 0 Å². The van der Waals surface area contributed by atoms with Gasteiger partial charge in [-0.3, -0.25) is 4.79 Å². The van der Waals surface area contributed by atoms with Crippen LogP contribution in [0.2, 0.25) is 0 Å². The van der Waals surface area contributed by atoms with Crippen molar-refractivity contribution in [3.05, 3.63) is 23.9 Å². The highest BCUT2D eigenvalue weighted by Crippen LogP contribution is 2.23. The number of ether oxygens (including phenoxy) is 1. The molecular weight excluding hydrogens is 314 g/mol. The van der Waals surface area contributed by atoms with Crippen LogP contribution >= 0.6 is 12.4 Å². The van der Waals surface area contributed by atoms with E-state index in [0.29, 0.717) is 18.8 Å². The molecule has 1 amide bonds. The molecule has 0 aromatic carbocycles. The molecule has 1 aliphatic rings. The van der Waals surface area contributed by atoms with Crippen LogP contribution in [0.1, 0.15) is 57.9 Å². The number of halogens is 1. The smallest absolute Gasteiger partial charge is 0.240 e. The minimum atomic E-state index is -0.815. The normalized spacial score (nSPS) is 17.2. The molecule has 0 spiro atoms. The first kappa shape index (κ1) is 19.7. The second-order valence-corrected chi connectivity index (χ2v) is 6.38. The van der Waals surface area contributed by atoms with Gasteiger partial charge >= 0.3 is 0 Å². The standard InChI is InChI=1S/C17H27N3O2.ClH/c1-3-9-17(2,18)16(21)20-12-13-8-10-19-15(11-13)22-14-6-4-5-7-14;/h8,10-11,14H,3-7,9,12,18H2,1-2H3,(H,20,21);1H. The molecule has 1 aliphatic carbocycles. The second-order valence-electron chi connectivity index (χ2n) is 6.38. The molecule has 6 heteroatoms. The average molecular weight is 342 g/mol. The Bertz CT molecular complexity index is 502. The fourth-order valence-electron chi connectivity index (χ4n) is 2.82. The molecule has 1 fully saturated rings. The maximum Gasteiger partial charge on any atom is 0.240 e. The summed E-state index contributed by atoms with van der Waals surface area (Å²) in [5.41, 5.74) is 6.19. The zero-order valence-electron chi connectivity index (χ0n) is 14.0. The Hall–Kier alpha value is -1.33. The van der Waals surface area contributed by atoms with E-state index in [1.807, 2.05) is 19.1 Å². The third-order valence-electron chi connectivity index (χ3n) is 4.13. The number of pyridine rings is 1. The predicted molar refractivity (Wildman–Crippen MR) is 93.7 cm³/mol. The quantitative estimate of drug-likeness (QED) is 0.799. The lowest BCUT2D eigenvalue weighted by Gasteiger charge is -2.22. The van der Waals surface area contributed by atoms with Crippen molar-refractivity contribution in [3.8, 4) is 5.88 Å². The number of carbonyl (C=O) groups excluding carboxylic acids is 1. The van der Waals surface area contributed by atoms with E-state index in [1.54, 1.807) is 13.1 Å². The van der Waals surface area contributed by atoms with Crippen molar-refractivity contribution in [1.82, 2.24) is 10.3 Å². The molecule has 0 aliphatic heterocycles. The third-order valence-corrected chi connectivity index (χ3v) is 4.13. The zero-order chi connectivity index (χ0) is 16.0. The van der Waals surface area contributed by atoms with Crippen LogP contribution in [0.15, 0.2) is 18.3 Å². The molecule has 23 heavy (non-hydrogen) atoms. The average Bonchev–Trinajstić information content (AvgIpc) is 2.98. The highest BCUT2D eigenvalue weighted by atomic mass is 35.5. The van der Waals surface area contributed by atoms with Crippen molar-refractivity contribution in [3.63, 3.8) is 0 Å². The van der Waals surface area contributed by atoms with E-state index in [0.717, 1.165) is 24.8 Å². The van der Waals surface area contributed by atoms with Crippen molar-refractivity contribution >= 4 is 18.3 Å². The lowest BCUT2D eigenvalue weighted by Crippen LogP contribution is -2.51. The van der Waals surface area contributed by atoms with Gasteiger partial charge in [0.2, 0.25) is 11.8 Å². The minimum absolute atomic E-state index is 0. The number of nitrogens with zero attached hydrogens (tertiary/aromatic N) is 1. The zero-order valence-corrected chi connectivity index (χ0v) is 14.8. The Labute approximate surface area is 144 Å². The summed E-state index contributed by atoms with van der Waals surface area (Å²) >= 11 is 0. The van der Waals surface area contributed by atoms with Crippen molar-refractivity contribution in [2.24, 2.45) is 5.73 Å². The number of carbonyl (C=O) groups is 1. The monoisotopic (exact) mass is 341 g/mol. The molecule has 1 heterocycles. The Morgan fingerprint density at radius 2 is 2.17 bits per heavy atom. The number of hydrogen-bond donors (Lipinski definition) is 2. The van der Waals surface area contributed by atoms with E-state index in [2.05, 4.69) is 10.3 Å². The van der Waals surface area contributed by atoms with Crippen LogP contribution in [0.25, 0.3) is 0 Å². The first-order valence-electron chi connectivity index (χ1n) is 8.20. The van der Waals surface area contributed by atoms with Gasteiger partial charge in [0, 0.05) is 18.8 Å². The van der Waals surface area contributed by atoms with Crippen molar-refractivity contribution < 1.29 is 9.53 Å². The number of rotatable bonds is 7. The van der Waals surface area contributed by atoms with Gasteiger partial charge in [-0.25, -0.2) is 4.98 Å². The summed E-state index contributed by atoms with van der Waals surface area (Å²) in [6.07, 6.45) is 8.23. The lowest BCUT2D eigenvalue weighted by molar-refractivity contribution is -0.126. The molecule has 3 N–H and O–H groups in total. The fraction of sp³-hybridized carbons (Fsp3) is 0.647. The second kappa shape index (κ2) is 9.08. The number of aromatic nitrogens is 1. The summed E-state index contributed by atoms with van der Waals surface area (Å²) in [4.78, 5) is 16.4. The van der Waals surface area contributed by atoms with Crippen LogP contribution in [0, 0.1) is 0 Å². The molecule has 5 nitrogen and oxygen atoms in total. The number of hydrogen-bond acceptors (Lipinski definition) is 4.